The zero-order valence-corrected chi connectivity index (χ0v) is 16.4. The Kier molecular flexibility index (Phi) is 4.94. The highest BCUT2D eigenvalue weighted by atomic mass is 35.5. The van der Waals surface area contributed by atoms with Gasteiger partial charge in [0.2, 0.25) is 0 Å². The molecule has 4 rings (SSSR count). The van der Waals surface area contributed by atoms with E-state index in [1.807, 2.05) is 6.07 Å². The minimum atomic E-state index is -0.379. The van der Waals surface area contributed by atoms with Crippen molar-refractivity contribution in [3.63, 3.8) is 0 Å². The number of thioether (sulfide) groups is 1. The number of rotatable bonds is 4. The van der Waals surface area contributed by atoms with Crippen molar-refractivity contribution in [1.82, 2.24) is 19.1 Å². The van der Waals surface area contributed by atoms with Gasteiger partial charge in [-0.3, -0.25) is 9.36 Å². The fourth-order valence-corrected chi connectivity index (χ4v) is 4.32. The first-order chi connectivity index (χ1) is 13.0. The lowest BCUT2D eigenvalue weighted by atomic mass is 10.2. The number of aryl methyl sites for hydroxylation is 1. The van der Waals surface area contributed by atoms with Gasteiger partial charge in [0, 0.05) is 17.3 Å². The maximum atomic E-state index is 14.1. The molecule has 0 saturated carbocycles. The molecule has 0 saturated heterocycles. The zero-order valence-electron chi connectivity index (χ0n) is 14.0. The number of para-hydroxylation sites is 1. The molecule has 2 heterocycles. The molecule has 0 aliphatic heterocycles. The average Bonchev–Trinajstić information content (AvgIpc) is 3.07. The molecule has 0 spiro atoms. The number of hydrogen-bond acceptors (Lipinski definition) is 6. The van der Waals surface area contributed by atoms with E-state index in [1.54, 1.807) is 37.3 Å². The Morgan fingerprint density at radius 2 is 2.07 bits per heavy atom. The topological polar surface area (TPSA) is 60.7 Å². The fourth-order valence-electron chi connectivity index (χ4n) is 2.57. The van der Waals surface area contributed by atoms with Crippen LogP contribution in [0.15, 0.2) is 52.4 Å². The van der Waals surface area contributed by atoms with E-state index in [0.717, 1.165) is 11.5 Å². The van der Waals surface area contributed by atoms with Crippen LogP contribution in [0.4, 0.5) is 4.39 Å². The second kappa shape index (κ2) is 7.38. The molecule has 27 heavy (non-hydrogen) atoms. The highest BCUT2D eigenvalue weighted by molar-refractivity contribution is 7.98. The summed E-state index contributed by atoms with van der Waals surface area (Å²) in [5.74, 6) is 0.0179. The van der Waals surface area contributed by atoms with Crippen molar-refractivity contribution < 1.29 is 4.39 Å². The minimum absolute atomic E-state index is 0.256. The van der Waals surface area contributed by atoms with Crippen molar-refractivity contribution in [1.29, 1.82) is 0 Å². The summed E-state index contributed by atoms with van der Waals surface area (Å²) in [6.07, 6.45) is 0. The summed E-state index contributed by atoms with van der Waals surface area (Å²) in [5, 5.41) is 4.89. The maximum absolute atomic E-state index is 14.1. The number of nitrogens with zero attached hydrogens (tertiary/aromatic N) is 4. The van der Waals surface area contributed by atoms with Gasteiger partial charge in [-0.15, -0.1) is 5.10 Å². The second-order valence-corrected chi connectivity index (χ2v) is 8.07. The van der Waals surface area contributed by atoms with Gasteiger partial charge in [0.05, 0.1) is 16.6 Å². The third kappa shape index (κ3) is 3.47. The molecule has 0 atom stereocenters. The summed E-state index contributed by atoms with van der Waals surface area (Å²) in [6.45, 7) is 1.67. The van der Waals surface area contributed by atoms with Gasteiger partial charge < -0.3 is 0 Å². The van der Waals surface area contributed by atoms with Crippen LogP contribution in [0.3, 0.4) is 0 Å². The number of hydrogen-bond donors (Lipinski definition) is 0. The Balaban J connectivity index is 1.88. The maximum Gasteiger partial charge on any atom is 0.266 e. The van der Waals surface area contributed by atoms with Crippen LogP contribution in [0.2, 0.25) is 4.34 Å². The lowest BCUT2D eigenvalue weighted by molar-refractivity contribution is 0.615. The molecule has 0 aliphatic carbocycles. The Morgan fingerprint density at radius 3 is 2.81 bits per heavy atom. The predicted octanol–water partition coefficient (Wildman–Crippen LogP) is 4.63. The normalized spacial score (nSPS) is 11.2. The monoisotopic (exact) mass is 418 g/mol. The quantitative estimate of drug-likeness (QED) is 0.357. The van der Waals surface area contributed by atoms with Crippen molar-refractivity contribution in [3.05, 3.63) is 74.2 Å². The van der Waals surface area contributed by atoms with Gasteiger partial charge in [0.15, 0.2) is 5.16 Å². The average molecular weight is 419 g/mol. The van der Waals surface area contributed by atoms with Crippen LogP contribution in [0.1, 0.15) is 11.3 Å². The van der Waals surface area contributed by atoms with E-state index in [9.17, 15) is 9.18 Å². The first kappa shape index (κ1) is 18.1. The molecule has 0 N–H and O–H groups in total. The molecule has 5 nitrogen and oxygen atoms in total. The smallest absolute Gasteiger partial charge is 0.266 e. The molecule has 2 aromatic heterocycles. The summed E-state index contributed by atoms with van der Waals surface area (Å²) in [6, 6.07) is 11.8. The first-order valence-corrected chi connectivity index (χ1v) is 10.1. The summed E-state index contributed by atoms with van der Waals surface area (Å²) >= 11 is 8.47. The van der Waals surface area contributed by atoms with Crippen LogP contribution < -0.4 is 5.56 Å². The van der Waals surface area contributed by atoms with E-state index in [0.29, 0.717) is 43.1 Å². The molecule has 0 fully saturated rings. The van der Waals surface area contributed by atoms with Crippen LogP contribution in [0, 0.1) is 12.7 Å². The van der Waals surface area contributed by atoms with E-state index in [-0.39, 0.29) is 11.4 Å². The summed E-state index contributed by atoms with van der Waals surface area (Å²) in [7, 11) is 0. The Labute approximate surface area is 167 Å². The minimum Gasteiger partial charge on any atom is -0.268 e. The van der Waals surface area contributed by atoms with Crippen LogP contribution in [0.5, 0.6) is 0 Å². The standard InChI is InChI=1S/C18H12ClFN4OS2/c1-10-6-7-11(8-13(10)20)24-17(25)12-4-2-3-5-14(12)21-18(24)26-9-15-16(19)27-23-22-15/h2-8H,9H2,1H3. The highest BCUT2D eigenvalue weighted by Gasteiger charge is 2.16. The number of halogens is 2. The van der Waals surface area contributed by atoms with Crippen molar-refractivity contribution in [2.24, 2.45) is 0 Å². The molecule has 9 heteroatoms. The number of fused-ring (bicyclic) bond motifs is 1. The molecule has 136 valence electrons. The highest BCUT2D eigenvalue weighted by Crippen LogP contribution is 2.28. The van der Waals surface area contributed by atoms with Gasteiger partial charge in [0.25, 0.3) is 5.56 Å². The Bertz CT molecular complexity index is 1210. The molecular weight excluding hydrogens is 407 g/mol. The molecule has 4 aromatic rings. The van der Waals surface area contributed by atoms with Crippen molar-refractivity contribution >= 4 is 45.8 Å². The van der Waals surface area contributed by atoms with Gasteiger partial charge in [-0.25, -0.2) is 9.37 Å². The fraction of sp³-hybridized carbons (Fsp3) is 0.111. The number of benzene rings is 2. The second-order valence-electron chi connectivity index (χ2n) is 5.77. The summed E-state index contributed by atoms with van der Waals surface area (Å²) < 4.78 is 19.9. The van der Waals surface area contributed by atoms with Crippen LogP contribution in [-0.2, 0) is 5.75 Å². The third-order valence-corrected chi connectivity index (χ3v) is 5.94. The van der Waals surface area contributed by atoms with Crippen molar-refractivity contribution in [3.8, 4) is 5.69 Å². The van der Waals surface area contributed by atoms with E-state index in [2.05, 4.69) is 14.6 Å². The van der Waals surface area contributed by atoms with Gasteiger partial charge >= 0.3 is 0 Å². The van der Waals surface area contributed by atoms with Crippen LogP contribution in [0.25, 0.3) is 16.6 Å². The van der Waals surface area contributed by atoms with Crippen LogP contribution >= 0.6 is 34.9 Å². The summed E-state index contributed by atoms with van der Waals surface area (Å²) in [4.78, 5) is 17.7. The summed E-state index contributed by atoms with van der Waals surface area (Å²) in [5.41, 5.74) is 1.88. The Hall–Kier alpha value is -2.29. The molecule has 0 bridgehead atoms. The van der Waals surface area contributed by atoms with Crippen molar-refractivity contribution in [2.45, 2.75) is 17.8 Å². The largest absolute Gasteiger partial charge is 0.268 e. The Morgan fingerprint density at radius 1 is 1.26 bits per heavy atom. The molecule has 0 amide bonds. The SMILES string of the molecule is Cc1ccc(-n2c(SCc3nnsc3Cl)nc3ccccc3c2=O)cc1F. The zero-order chi connectivity index (χ0) is 19.0. The predicted molar refractivity (Wildman–Crippen MR) is 107 cm³/mol. The lowest BCUT2D eigenvalue weighted by Gasteiger charge is -2.13. The van der Waals surface area contributed by atoms with Crippen LogP contribution in [-0.4, -0.2) is 19.1 Å². The number of aromatic nitrogens is 4. The van der Waals surface area contributed by atoms with E-state index in [1.165, 1.54) is 22.4 Å². The molecule has 2 aromatic carbocycles. The molecule has 0 radical (unpaired) electrons. The third-order valence-electron chi connectivity index (χ3n) is 4.01. The molecule has 0 aliphatic rings. The van der Waals surface area contributed by atoms with Gasteiger partial charge in [-0.1, -0.05) is 46.1 Å². The van der Waals surface area contributed by atoms with Crippen molar-refractivity contribution in [2.75, 3.05) is 0 Å². The van der Waals surface area contributed by atoms with E-state index < -0.39 is 0 Å². The molecular formula is C18H12ClFN4OS2. The molecule has 0 unspecified atom stereocenters. The van der Waals surface area contributed by atoms with E-state index in [4.69, 9.17) is 11.6 Å². The first-order valence-electron chi connectivity index (χ1n) is 7.92. The van der Waals surface area contributed by atoms with Gasteiger partial charge in [-0.2, -0.15) is 0 Å². The van der Waals surface area contributed by atoms with Gasteiger partial charge in [0.1, 0.15) is 15.8 Å². The van der Waals surface area contributed by atoms with E-state index >= 15 is 0 Å². The lowest BCUT2D eigenvalue weighted by Crippen LogP contribution is -2.22. The van der Waals surface area contributed by atoms with Gasteiger partial charge in [-0.05, 0) is 36.8 Å².